The van der Waals surface area contributed by atoms with Crippen molar-refractivity contribution in [1.82, 2.24) is 5.32 Å². The lowest BCUT2D eigenvalue weighted by Crippen LogP contribution is -2.41. The summed E-state index contributed by atoms with van der Waals surface area (Å²) < 4.78 is 12.3. The second-order valence-corrected chi connectivity index (χ2v) is 6.40. The molecule has 1 atom stereocenters. The van der Waals surface area contributed by atoms with Crippen molar-refractivity contribution in [2.24, 2.45) is 0 Å². The van der Waals surface area contributed by atoms with Crippen LogP contribution in [0.15, 0.2) is 24.3 Å². The molecule has 0 aromatic heterocycles. The minimum absolute atomic E-state index is 0.129. The maximum absolute atomic E-state index is 6.25. The van der Waals surface area contributed by atoms with Crippen LogP contribution >= 0.6 is 0 Å². The van der Waals surface area contributed by atoms with E-state index in [4.69, 9.17) is 9.47 Å². The molecule has 0 bridgehead atoms. The van der Waals surface area contributed by atoms with E-state index < -0.39 is 0 Å². The van der Waals surface area contributed by atoms with Gasteiger partial charge in [-0.25, -0.2) is 0 Å². The number of ether oxygens (including phenoxy) is 2. The minimum atomic E-state index is 0.129. The highest BCUT2D eigenvalue weighted by Gasteiger charge is 2.40. The van der Waals surface area contributed by atoms with Gasteiger partial charge >= 0.3 is 0 Å². The molecule has 1 unspecified atom stereocenters. The molecule has 0 radical (unpaired) electrons. The normalized spacial score (nSPS) is 24.3. The molecular formula is C18H27NO2. The molecule has 21 heavy (non-hydrogen) atoms. The Morgan fingerprint density at radius 2 is 2.19 bits per heavy atom. The number of rotatable bonds is 5. The Morgan fingerprint density at radius 3 is 3.00 bits per heavy atom. The van der Waals surface area contributed by atoms with Crippen LogP contribution < -0.4 is 10.1 Å². The molecule has 1 saturated heterocycles. The van der Waals surface area contributed by atoms with E-state index in [1.54, 1.807) is 0 Å². The van der Waals surface area contributed by atoms with Gasteiger partial charge in [-0.2, -0.15) is 0 Å². The van der Waals surface area contributed by atoms with E-state index in [9.17, 15) is 0 Å². The topological polar surface area (TPSA) is 30.5 Å². The van der Waals surface area contributed by atoms with E-state index >= 15 is 0 Å². The molecule has 2 fully saturated rings. The van der Waals surface area contributed by atoms with E-state index in [1.807, 2.05) is 0 Å². The average molecular weight is 289 g/mol. The fraction of sp³-hybridized carbons (Fsp3) is 0.667. The zero-order chi connectivity index (χ0) is 14.5. The molecule has 1 aliphatic heterocycles. The van der Waals surface area contributed by atoms with Crippen molar-refractivity contribution < 1.29 is 9.47 Å². The van der Waals surface area contributed by atoms with Gasteiger partial charge in [0, 0.05) is 19.4 Å². The monoisotopic (exact) mass is 289 g/mol. The quantitative estimate of drug-likeness (QED) is 0.897. The van der Waals surface area contributed by atoms with Crippen molar-refractivity contribution in [3.8, 4) is 5.75 Å². The van der Waals surface area contributed by atoms with Crippen LogP contribution in [-0.4, -0.2) is 24.9 Å². The molecule has 1 spiro atoms. The SMILES string of the molecule is CCNCc1cccc(OC2CCOC3(CCCC3)C2)c1. The summed E-state index contributed by atoms with van der Waals surface area (Å²) in [6.07, 6.45) is 7.44. The third kappa shape index (κ3) is 3.78. The molecule has 116 valence electrons. The van der Waals surface area contributed by atoms with Gasteiger partial charge in [0.1, 0.15) is 11.9 Å². The van der Waals surface area contributed by atoms with Crippen molar-refractivity contribution >= 4 is 0 Å². The van der Waals surface area contributed by atoms with Crippen LogP contribution in [0.5, 0.6) is 5.75 Å². The highest BCUT2D eigenvalue weighted by atomic mass is 16.5. The smallest absolute Gasteiger partial charge is 0.120 e. The van der Waals surface area contributed by atoms with Crippen LogP contribution in [0.3, 0.4) is 0 Å². The Labute approximate surface area is 128 Å². The summed E-state index contributed by atoms with van der Waals surface area (Å²) in [5.41, 5.74) is 1.42. The largest absolute Gasteiger partial charge is 0.490 e. The third-order valence-corrected chi connectivity index (χ3v) is 4.74. The first-order valence-electron chi connectivity index (χ1n) is 8.40. The van der Waals surface area contributed by atoms with Crippen molar-refractivity contribution in [3.63, 3.8) is 0 Å². The van der Waals surface area contributed by atoms with Gasteiger partial charge in [-0.3, -0.25) is 0 Å². The zero-order valence-electron chi connectivity index (χ0n) is 13.1. The molecular weight excluding hydrogens is 262 g/mol. The van der Waals surface area contributed by atoms with Crippen molar-refractivity contribution in [1.29, 1.82) is 0 Å². The maximum atomic E-state index is 6.25. The van der Waals surface area contributed by atoms with Gasteiger partial charge in [0.25, 0.3) is 0 Å². The van der Waals surface area contributed by atoms with Crippen LogP contribution in [0.4, 0.5) is 0 Å². The second kappa shape index (κ2) is 6.80. The molecule has 3 heteroatoms. The van der Waals surface area contributed by atoms with Gasteiger partial charge in [-0.05, 0) is 37.1 Å². The average Bonchev–Trinajstić information content (AvgIpc) is 2.93. The van der Waals surface area contributed by atoms with Gasteiger partial charge in [0.15, 0.2) is 0 Å². The van der Waals surface area contributed by atoms with E-state index in [0.717, 1.165) is 38.3 Å². The molecule has 0 amide bonds. The maximum Gasteiger partial charge on any atom is 0.120 e. The van der Waals surface area contributed by atoms with Crippen LogP contribution in [0.25, 0.3) is 0 Å². The molecule has 3 nitrogen and oxygen atoms in total. The summed E-state index contributed by atoms with van der Waals surface area (Å²) in [7, 11) is 0. The molecule has 1 heterocycles. The minimum Gasteiger partial charge on any atom is -0.490 e. The number of hydrogen-bond donors (Lipinski definition) is 1. The first kappa shape index (κ1) is 14.9. The molecule has 1 N–H and O–H groups in total. The molecule has 1 saturated carbocycles. The van der Waals surface area contributed by atoms with E-state index in [-0.39, 0.29) is 5.60 Å². The lowest BCUT2D eigenvalue weighted by atomic mass is 9.90. The Hall–Kier alpha value is -1.06. The van der Waals surface area contributed by atoms with Gasteiger partial charge < -0.3 is 14.8 Å². The summed E-state index contributed by atoms with van der Waals surface area (Å²) in [6, 6.07) is 8.48. The molecule has 1 aromatic rings. The standard InChI is InChI=1S/C18H27NO2/c1-2-19-14-15-6-5-7-16(12-15)21-17-8-11-20-18(13-17)9-3-4-10-18/h5-7,12,17,19H,2-4,8-11,13-14H2,1H3. The van der Waals surface area contributed by atoms with E-state index in [1.165, 1.54) is 31.2 Å². The van der Waals surface area contributed by atoms with Crippen molar-refractivity contribution in [3.05, 3.63) is 29.8 Å². The molecule has 3 rings (SSSR count). The predicted molar refractivity (Wildman–Crippen MR) is 84.6 cm³/mol. The number of benzene rings is 1. The Morgan fingerprint density at radius 1 is 1.33 bits per heavy atom. The molecule has 2 aliphatic rings. The summed E-state index contributed by atoms with van der Waals surface area (Å²) in [5.74, 6) is 1.01. The summed E-state index contributed by atoms with van der Waals surface area (Å²) in [4.78, 5) is 0. The molecule has 1 aliphatic carbocycles. The fourth-order valence-electron chi connectivity index (χ4n) is 3.64. The van der Waals surface area contributed by atoms with Crippen LogP contribution in [0, 0.1) is 0 Å². The Kier molecular flexibility index (Phi) is 4.81. The summed E-state index contributed by atoms with van der Waals surface area (Å²) >= 11 is 0. The highest BCUT2D eigenvalue weighted by Crippen LogP contribution is 2.40. The predicted octanol–water partition coefficient (Wildman–Crippen LogP) is 3.67. The van der Waals surface area contributed by atoms with Crippen LogP contribution in [0.2, 0.25) is 0 Å². The van der Waals surface area contributed by atoms with Crippen molar-refractivity contribution in [2.75, 3.05) is 13.2 Å². The Balaban J connectivity index is 1.60. The van der Waals surface area contributed by atoms with Gasteiger partial charge in [0.05, 0.1) is 12.2 Å². The second-order valence-electron chi connectivity index (χ2n) is 6.40. The zero-order valence-corrected chi connectivity index (χ0v) is 13.1. The lowest BCUT2D eigenvalue weighted by Gasteiger charge is -2.38. The van der Waals surface area contributed by atoms with Gasteiger partial charge in [0.2, 0.25) is 0 Å². The van der Waals surface area contributed by atoms with Crippen LogP contribution in [0.1, 0.15) is 51.0 Å². The first-order chi connectivity index (χ1) is 10.3. The highest BCUT2D eigenvalue weighted by molar-refractivity contribution is 5.28. The Bertz CT molecular complexity index is 454. The van der Waals surface area contributed by atoms with E-state index in [2.05, 4.69) is 36.5 Å². The number of nitrogens with one attached hydrogen (secondary N) is 1. The van der Waals surface area contributed by atoms with E-state index in [0.29, 0.717) is 6.10 Å². The molecule has 1 aromatic carbocycles. The van der Waals surface area contributed by atoms with Gasteiger partial charge in [-0.15, -0.1) is 0 Å². The first-order valence-corrected chi connectivity index (χ1v) is 8.40. The third-order valence-electron chi connectivity index (χ3n) is 4.74. The number of hydrogen-bond acceptors (Lipinski definition) is 3. The summed E-state index contributed by atoms with van der Waals surface area (Å²) in [5, 5.41) is 3.36. The fourth-order valence-corrected chi connectivity index (χ4v) is 3.64. The van der Waals surface area contributed by atoms with Crippen molar-refractivity contribution in [2.45, 2.75) is 63.7 Å². The van der Waals surface area contributed by atoms with Gasteiger partial charge in [-0.1, -0.05) is 31.9 Å². The summed E-state index contributed by atoms with van der Waals surface area (Å²) in [6.45, 7) is 4.88. The lowest BCUT2D eigenvalue weighted by molar-refractivity contribution is -0.108. The van der Waals surface area contributed by atoms with Crippen LogP contribution in [-0.2, 0) is 11.3 Å².